The third-order valence-corrected chi connectivity index (χ3v) is 13.1. The maximum atomic E-state index is 13.7. The van der Waals surface area contributed by atoms with Gasteiger partial charge in [-0.25, -0.2) is 17.9 Å². The number of aliphatic imine (C=N–C) groups is 1. The standard InChI is InChI=1S/C47H74N8O9S/c1-28(2)25-35(48)42(57)53-36(19-16-24-51-46(49)55-65(62,63)41-31(6)30(5)34-21-22-47(8,9)64-40(34)32(41)7)43(58)50-23-15-11-14-20-39(56)52-37(27-33-17-12-10-13-18-33)44(59)54-38(45(60)61)26-29(3)4/h10,12-13,17-18,28-29,35-38H,11,14-16,19-27,48H2,1-9H3,(H,50,58)(H,52,56)(H,53,57)(H,54,59)(H,60,61)(H3,49,51,55)/t35-,36-,37-,38-/m0/s1. The summed E-state index contributed by atoms with van der Waals surface area (Å²) in [5.41, 5.74) is 15.5. The van der Waals surface area contributed by atoms with E-state index in [0.29, 0.717) is 42.6 Å². The first-order valence-corrected chi connectivity index (χ1v) is 24.2. The summed E-state index contributed by atoms with van der Waals surface area (Å²) in [6.07, 6.45) is 4.49. The van der Waals surface area contributed by atoms with E-state index in [0.717, 1.165) is 29.5 Å². The summed E-state index contributed by atoms with van der Waals surface area (Å²) in [6, 6.07) is 5.27. The molecule has 4 amide bonds. The number of amides is 4. The van der Waals surface area contributed by atoms with Crippen LogP contribution in [0, 0.1) is 32.6 Å². The number of fused-ring (bicyclic) bond motifs is 1. The van der Waals surface area contributed by atoms with Gasteiger partial charge in [0.2, 0.25) is 29.6 Å². The summed E-state index contributed by atoms with van der Waals surface area (Å²) in [7, 11) is -4.15. The van der Waals surface area contributed by atoms with E-state index in [9.17, 15) is 37.5 Å². The van der Waals surface area contributed by atoms with E-state index < -0.39 is 63.5 Å². The molecule has 1 aliphatic heterocycles. The van der Waals surface area contributed by atoms with Gasteiger partial charge in [-0.15, -0.1) is 0 Å². The van der Waals surface area contributed by atoms with Crippen LogP contribution in [0.1, 0.15) is 127 Å². The molecule has 2 aromatic rings. The number of carboxylic acid groups (broad SMARTS) is 1. The molecule has 1 heterocycles. The van der Waals surface area contributed by atoms with Crippen molar-refractivity contribution in [1.29, 1.82) is 0 Å². The van der Waals surface area contributed by atoms with E-state index in [2.05, 4.69) is 31.0 Å². The van der Waals surface area contributed by atoms with E-state index in [-0.39, 0.29) is 73.8 Å². The van der Waals surface area contributed by atoms with Crippen LogP contribution in [0.15, 0.2) is 40.2 Å². The molecule has 17 nitrogen and oxygen atoms in total. The number of carboxylic acids is 1. The molecule has 0 radical (unpaired) electrons. The highest BCUT2D eigenvalue weighted by Gasteiger charge is 2.34. The number of nitrogens with one attached hydrogen (secondary N) is 5. The number of carbonyl (C=O) groups is 5. The maximum absolute atomic E-state index is 13.7. The summed E-state index contributed by atoms with van der Waals surface area (Å²) in [5, 5.41) is 20.6. The molecule has 10 N–H and O–H groups in total. The van der Waals surface area contributed by atoms with Gasteiger partial charge in [-0.1, -0.05) is 64.4 Å². The first kappa shape index (κ1) is 54.1. The summed E-state index contributed by atoms with van der Waals surface area (Å²) >= 11 is 0. The zero-order valence-electron chi connectivity index (χ0n) is 39.8. The molecule has 18 heteroatoms. The minimum atomic E-state index is -4.15. The number of aliphatic carboxylic acids is 1. The van der Waals surface area contributed by atoms with Gasteiger partial charge in [0, 0.05) is 31.5 Å². The number of rotatable bonds is 25. The number of sulfonamides is 1. The number of hydrogen-bond donors (Lipinski definition) is 8. The predicted molar refractivity (Wildman–Crippen MR) is 252 cm³/mol. The first-order chi connectivity index (χ1) is 30.4. The second-order valence-corrected chi connectivity index (χ2v) is 20.2. The van der Waals surface area contributed by atoms with E-state index in [1.165, 1.54) is 0 Å². The van der Waals surface area contributed by atoms with Gasteiger partial charge in [-0.05, 0) is 120 Å². The highest BCUT2D eigenvalue weighted by Crippen LogP contribution is 2.42. The SMILES string of the molecule is Cc1c(C)c(S(=O)(=O)NC(N)=NCCC[C@H](NC(=O)[C@@H](N)CC(C)C)C(=O)NCCCCCC(=O)N[C@@H](Cc2ccccc2)C(=O)N[C@@H](CC(C)C)C(=O)O)c(C)c2c1CCC(C)(C)O2. The molecule has 2 aromatic carbocycles. The van der Waals surface area contributed by atoms with E-state index in [4.69, 9.17) is 16.2 Å². The van der Waals surface area contributed by atoms with Crippen LogP contribution in [0.25, 0.3) is 0 Å². The molecule has 3 rings (SSSR count). The van der Waals surface area contributed by atoms with Gasteiger partial charge in [0.05, 0.1) is 10.9 Å². The summed E-state index contributed by atoms with van der Waals surface area (Å²) < 4.78 is 36.0. The number of unbranched alkanes of at least 4 members (excludes halogenated alkanes) is 2. The zero-order chi connectivity index (χ0) is 48.6. The first-order valence-electron chi connectivity index (χ1n) is 22.8. The Balaban J connectivity index is 1.57. The Morgan fingerprint density at radius 3 is 2.09 bits per heavy atom. The molecule has 65 heavy (non-hydrogen) atoms. The maximum Gasteiger partial charge on any atom is 0.326 e. The van der Waals surface area contributed by atoms with Crippen molar-refractivity contribution in [3.05, 3.63) is 58.1 Å². The third-order valence-electron chi connectivity index (χ3n) is 11.4. The van der Waals surface area contributed by atoms with Crippen molar-refractivity contribution in [3.63, 3.8) is 0 Å². The van der Waals surface area contributed by atoms with Crippen LogP contribution in [0.3, 0.4) is 0 Å². The van der Waals surface area contributed by atoms with Gasteiger partial charge in [-0.2, -0.15) is 0 Å². The molecule has 0 saturated heterocycles. The average Bonchev–Trinajstić information content (AvgIpc) is 3.21. The molecular formula is C47H74N8O9S. The van der Waals surface area contributed by atoms with Crippen LogP contribution < -0.4 is 42.2 Å². The number of carbonyl (C=O) groups excluding carboxylic acids is 4. The van der Waals surface area contributed by atoms with E-state index in [1.54, 1.807) is 13.8 Å². The average molecular weight is 927 g/mol. The smallest absolute Gasteiger partial charge is 0.326 e. The van der Waals surface area contributed by atoms with Crippen LogP contribution in [-0.2, 0) is 46.8 Å². The molecule has 0 spiro atoms. The Morgan fingerprint density at radius 1 is 0.815 bits per heavy atom. The third kappa shape index (κ3) is 17.3. The number of nitrogens with two attached hydrogens (primary N) is 2. The van der Waals surface area contributed by atoms with Crippen LogP contribution in [0.4, 0.5) is 0 Å². The summed E-state index contributed by atoms with van der Waals surface area (Å²) in [5.74, 6) is -2.57. The summed E-state index contributed by atoms with van der Waals surface area (Å²) in [4.78, 5) is 68.9. The molecule has 0 aromatic heterocycles. The van der Waals surface area contributed by atoms with Gasteiger partial charge in [-0.3, -0.25) is 24.2 Å². The number of benzene rings is 2. The van der Waals surface area contributed by atoms with Gasteiger partial charge in [0.25, 0.3) is 10.0 Å². The van der Waals surface area contributed by atoms with Crippen molar-refractivity contribution in [2.24, 2.45) is 28.3 Å². The Bertz CT molecular complexity index is 2110. The van der Waals surface area contributed by atoms with Crippen LogP contribution in [0.2, 0.25) is 0 Å². The van der Waals surface area contributed by atoms with Crippen molar-refractivity contribution in [2.45, 2.75) is 168 Å². The quantitative estimate of drug-likeness (QED) is 0.0401. The summed E-state index contributed by atoms with van der Waals surface area (Å²) in [6.45, 7) is 17.2. The second kappa shape index (κ2) is 24.9. The lowest BCUT2D eigenvalue weighted by atomic mass is 9.88. The predicted octanol–water partition coefficient (Wildman–Crippen LogP) is 3.97. The molecule has 0 bridgehead atoms. The largest absolute Gasteiger partial charge is 0.487 e. The Labute approximate surface area is 385 Å². The van der Waals surface area contributed by atoms with Crippen molar-refractivity contribution in [2.75, 3.05) is 13.1 Å². The van der Waals surface area contributed by atoms with Crippen molar-refractivity contribution < 1.29 is 42.2 Å². The normalized spacial score (nSPS) is 15.5. The number of hydrogen-bond acceptors (Lipinski definition) is 10. The molecule has 1 aliphatic rings. The second-order valence-electron chi connectivity index (χ2n) is 18.6. The molecule has 362 valence electrons. The fraction of sp³-hybridized carbons (Fsp3) is 0.617. The highest BCUT2D eigenvalue weighted by atomic mass is 32.2. The number of guanidine groups is 1. The number of ether oxygens (including phenoxy) is 1. The lowest BCUT2D eigenvalue weighted by Crippen LogP contribution is -2.52. The van der Waals surface area contributed by atoms with Crippen LogP contribution in [-0.4, -0.2) is 91.9 Å². The van der Waals surface area contributed by atoms with Gasteiger partial charge >= 0.3 is 5.97 Å². The Morgan fingerprint density at radius 2 is 1.46 bits per heavy atom. The molecule has 0 fully saturated rings. The monoisotopic (exact) mass is 927 g/mol. The minimum absolute atomic E-state index is 0.0261. The van der Waals surface area contributed by atoms with Crippen molar-refractivity contribution >= 4 is 45.6 Å². The van der Waals surface area contributed by atoms with E-state index in [1.807, 2.05) is 78.8 Å². The molecule has 0 aliphatic carbocycles. The van der Waals surface area contributed by atoms with Crippen LogP contribution in [0.5, 0.6) is 5.75 Å². The van der Waals surface area contributed by atoms with E-state index >= 15 is 0 Å². The van der Waals surface area contributed by atoms with Gasteiger partial charge in [0.1, 0.15) is 29.5 Å². The minimum Gasteiger partial charge on any atom is -0.487 e. The van der Waals surface area contributed by atoms with Crippen molar-refractivity contribution in [3.8, 4) is 5.75 Å². The highest BCUT2D eigenvalue weighted by molar-refractivity contribution is 7.90. The zero-order valence-corrected chi connectivity index (χ0v) is 40.6. The number of nitrogens with zero attached hydrogens (tertiary/aromatic N) is 1. The van der Waals surface area contributed by atoms with Crippen molar-refractivity contribution in [1.82, 2.24) is 26.0 Å². The topological polar surface area (TPSA) is 274 Å². The Kier molecular flexibility index (Phi) is 20.7. The Hall–Kier alpha value is -5.23. The molecule has 0 unspecified atom stereocenters. The fourth-order valence-corrected chi connectivity index (χ4v) is 9.36. The molecular weight excluding hydrogens is 853 g/mol. The van der Waals surface area contributed by atoms with Crippen LogP contribution >= 0.6 is 0 Å². The molecule has 0 saturated carbocycles. The van der Waals surface area contributed by atoms with Gasteiger partial charge < -0.3 is 42.6 Å². The fourth-order valence-electron chi connectivity index (χ4n) is 7.86. The lowest BCUT2D eigenvalue weighted by Gasteiger charge is -2.35. The molecule has 4 atom stereocenters. The van der Waals surface area contributed by atoms with Gasteiger partial charge in [0.15, 0.2) is 0 Å². The lowest BCUT2D eigenvalue weighted by molar-refractivity contribution is -0.142.